The van der Waals surface area contributed by atoms with Crippen molar-refractivity contribution in [2.24, 2.45) is 23.2 Å². The van der Waals surface area contributed by atoms with Gasteiger partial charge in [0.05, 0.1) is 6.10 Å². The summed E-state index contributed by atoms with van der Waals surface area (Å²) in [6.07, 6.45) is 5.77. The second-order valence-corrected chi connectivity index (χ2v) is 7.28. The van der Waals surface area contributed by atoms with Crippen LogP contribution in [0, 0.1) is 23.2 Å². The van der Waals surface area contributed by atoms with Gasteiger partial charge in [0.25, 0.3) is 0 Å². The Hall–Kier alpha value is -0.820. The first-order valence-corrected chi connectivity index (χ1v) is 7.79. The van der Waals surface area contributed by atoms with Crippen LogP contribution in [-0.2, 0) is 6.42 Å². The minimum Gasteiger partial charge on any atom is -0.393 e. The van der Waals surface area contributed by atoms with Gasteiger partial charge in [-0.3, -0.25) is 0 Å². The lowest BCUT2D eigenvalue weighted by Crippen LogP contribution is -2.52. The summed E-state index contributed by atoms with van der Waals surface area (Å²) in [5, 5.41) is 10.4. The summed E-state index contributed by atoms with van der Waals surface area (Å²) >= 11 is 0. The topological polar surface area (TPSA) is 20.2 Å². The Kier molecular flexibility index (Phi) is 3.42. The van der Waals surface area contributed by atoms with Gasteiger partial charge in [0.1, 0.15) is 0 Å². The molecule has 1 aromatic carbocycles. The molecule has 4 rings (SSSR count). The van der Waals surface area contributed by atoms with Crippen LogP contribution in [0.25, 0.3) is 0 Å². The van der Waals surface area contributed by atoms with Crippen LogP contribution < -0.4 is 0 Å². The number of fused-ring (bicyclic) bond motifs is 2. The van der Waals surface area contributed by atoms with Gasteiger partial charge in [-0.05, 0) is 60.8 Å². The van der Waals surface area contributed by atoms with Crippen LogP contribution in [-0.4, -0.2) is 11.2 Å². The van der Waals surface area contributed by atoms with E-state index in [1.54, 1.807) is 0 Å². The van der Waals surface area contributed by atoms with Crippen molar-refractivity contribution < 1.29 is 5.11 Å². The Morgan fingerprint density at radius 1 is 1.21 bits per heavy atom. The van der Waals surface area contributed by atoms with E-state index in [4.69, 9.17) is 0 Å². The van der Waals surface area contributed by atoms with Crippen LogP contribution in [0.15, 0.2) is 30.3 Å². The van der Waals surface area contributed by atoms with E-state index < -0.39 is 0 Å². The smallest absolute Gasteiger partial charge is 0.0583 e. The van der Waals surface area contributed by atoms with E-state index in [1.165, 1.54) is 24.8 Å². The highest BCUT2D eigenvalue weighted by atomic mass is 16.3. The fourth-order valence-electron chi connectivity index (χ4n) is 4.56. The summed E-state index contributed by atoms with van der Waals surface area (Å²) in [7, 11) is 0. The second-order valence-electron chi connectivity index (χ2n) is 7.28. The Labute approximate surface area is 117 Å². The Morgan fingerprint density at radius 2 is 1.95 bits per heavy atom. The van der Waals surface area contributed by atoms with Crippen LogP contribution in [0.5, 0.6) is 0 Å². The van der Waals surface area contributed by atoms with Gasteiger partial charge in [-0.25, -0.2) is 0 Å². The first kappa shape index (κ1) is 13.2. The molecule has 3 aliphatic carbocycles. The summed E-state index contributed by atoms with van der Waals surface area (Å²) in [5.41, 5.74) is 1.80. The van der Waals surface area contributed by atoms with Gasteiger partial charge in [-0.15, -0.1) is 0 Å². The quantitative estimate of drug-likeness (QED) is 0.863. The third-order valence-corrected chi connectivity index (χ3v) is 5.89. The van der Waals surface area contributed by atoms with Gasteiger partial charge in [-0.1, -0.05) is 44.2 Å². The van der Waals surface area contributed by atoms with Crippen LogP contribution in [0.2, 0.25) is 0 Å². The molecule has 1 heteroatoms. The molecule has 3 saturated carbocycles. The predicted molar refractivity (Wildman–Crippen MR) is 78.9 cm³/mol. The van der Waals surface area contributed by atoms with E-state index in [0.29, 0.717) is 5.41 Å². The van der Waals surface area contributed by atoms with Crippen molar-refractivity contribution in [1.82, 2.24) is 0 Å². The van der Waals surface area contributed by atoms with E-state index in [9.17, 15) is 5.11 Å². The second kappa shape index (κ2) is 4.94. The summed E-state index contributed by atoms with van der Waals surface area (Å²) < 4.78 is 0. The molecule has 0 radical (unpaired) electrons. The molecule has 104 valence electrons. The predicted octanol–water partition coefficient (Wildman–Crippen LogP) is 4.05. The van der Waals surface area contributed by atoms with E-state index in [2.05, 4.69) is 38.1 Å². The Bertz CT molecular complexity index is 421. The van der Waals surface area contributed by atoms with Gasteiger partial charge in [0.15, 0.2) is 0 Å². The lowest BCUT2D eigenvalue weighted by Gasteiger charge is -2.60. The average Bonchev–Trinajstić information content (AvgIpc) is 2.39. The van der Waals surface area contributed by atoms with Crippen molar-refractivity contribution in [2.45, 2.75) is 52.1 Å². The first-order valence-electron chi connectivity index (χ1n) is 7.79. The van der Waals surface area contributed by atoms with E-state index in [0.717, 1.165) is 30.6 Å². The number of rotatable bonds is 4. The summed E-state index contributed by atoms with van der Waals surface area (Å²) in [5.74, 6) is 2.57. The summed E-state index contributed by atoms with van der Waals surface area (Å²) in [4.78, 5) is 0. The minimum atomic E-state index is -0.166. The zero-order valence-electron chi connectivity index (χ0n) is 12.2. The summed E-state index contributed by atoms with van der Waals surface area (Å²) in [6, 6.07) is 10.4. The molecular weight excluding hydrogens is 232 g/mol. The average molecular weight is 258 g/mol. The zero-order chi connectivity index (χ0) is 13.5. The van der Waals surface area contributed by atoms with Crippen molar-refractivity contribution >= 4 is 0 Å². The molecule has 2 bridgehead atoms. The highest BCUT2D eigenvalue weighted by Crippen LogP contribution is 2.62. The molecule has 19 heavy (non-hydrogen) atoms. The fourth-order valence-corrected chi connectivity index (χ4v) is 4.56. The van der Waals surface area contributed by atoms with Crippen molar-refractivity contribution in [3.05, 3.63) is 35.9 Å². The van der Waals surface area contributed by atoms with E-state index in [1.807, 2.05) is 6.07 Å². The molecule has 1 N–H and O–H groups in total. The molecular formula is C18H26O. The molecule has 1 nitrogen and oxygen atoms in total. The van der Waals surface area contributed by atoms with Crippen LogP contribution in [0.4, 0.5) is 0 Å². The maximum atomic E-state index is 10.4. The van der Waals surface area contributed by atoms with E-state index in [-0.39, 0.29) is 6.10 Å². The fraction of sp³-hybridized carbons (Fsp3) is 0.667. The molecule has 0 heterocycles. The first-order chi connectivity index (χ1) is 9.07. The third-order valence-electron chi connectivity index (χ3n) is 5.89. The molecule has 3 aliphatic rings. The molecule has 0 aromatic heterocycles. The molecule has 4 atom stereocenters. The normalized spacial score (nSPS) is 33.5. The van der Waals surface area contributed by atoms with Crippen molar-refractivity contribution in [2.75, 3.05) is 0 Å². The van der Waals surface area contributed by atoms with Gasteiger partial charge >= 0.3 is 0 Å². The Morgan fingerprint density at radius 3 is 2.58 bits per heavy atom. The van der Waals surface area contributed by atoms with Crippen LogP contribution in [0.3, 0.4) is 0 Å². The number of hydrogen-bond donors (Lipinski definition) is 1. The molecule has 0 saturated heterocycles. The van der Waals surface area contributed by atoms with Crippen LogP contribution in [0.1, 0.15) is 45.1 Å². The number of aliphatic hydroxyl groups is 1. The maximum Gasteiger partial charge on any atom is 0.0583 e. The zero-order valence-corrected chi connectivity index (χ0v) is 12.2. The summed E-state index contributed by atoms with van der Waals surface area (Å²) in [6.45, 7) is 4.86. The lowest BCUT2D eigenvalue weighted by molar-refractivity contribution is -0.114. The van der Waals surface area contributed by atoms with Crippen molar-refractivity contribution in [1.29, 1.82) is 0 Å². The lowest BCUT2D eigenvalue weighted by atomic mass is 9.45. The number of aliphatic hydroxyl groups excluding tert-OH is 1. The van der Waals surface area contributed by atoms with E-state index >= 15 is 0 Å². The van der Waals surface area contributed by atoms with Crippen molar-refractivity contribution in [3.8, 4) is 0 Å². The number of benzene rings is 1. The minimum absolute atomic E-state index is 0.166. The van der Waals surface area contributed by atoms with Gasteiger partial charge in [-0.2, -0.15) is 0 Å². The monoisotopic (exact) mass is 258 g/mol. The molecule has 1 aromatic rings. The standard InChI is InChI=1S/C18H26O/c1-18(2)15-9-8-14(17(18)12-15)11-16(19)10-13-6-4-3-5-7-13/h3-7,14-17,19H,8-12H2,1-2H3/t14?,15?,16-,17?/m0/s1. The largest absolute Gasteiger partial charge is 0.393 e. The molecule has 0 aliphatic heterocycles. The number of hydrogen-bond acceptors (Lipinski definition) is 1. The molecule has 0 amide bonds. The molecule has 3 fully saturated rings. The third kappa shape index (κ3) is 2.45. The highest BCUT2D eigenvalue weighted by molar-refractivity contribution is 5.15. The van der Waals surface area contributed by atoms with Crippen LogP contribution >= 0.6 is 0 Å². The Balaban J connectivity index is 1.57. The van der Waals surface area contributed by atoms with Gasteiger partial charge < -0.3 is 5.11 Å². The highest BCUT2D eigenvalue weighted by Gasteiger charge is 2.54. The maximum absolute atomic E-state index is 10.4. The molecule has 0 spiro atoms. The molecule has 3 unspecified atom stereocenters. The van der Waals surface area contributed by atoms with Crippen molar-refractivity contribution in [3.63, 3.8) is 0 Å². The van der Waals surface area contributed by atoms with Gasteiger partial charge in [0, 0.05) is 0 Å². The SMILES string of the molecule is CC1(C)C2CCC(C[C@@H](O)Cc3ccccc3)C1C2. The van der Waals surface area contributed by atoms with Gasteiger partial charge in [0.2, 0.25) is 0 Å².